The van der Waals surface area contributed by atoms with Gasteiger partial charge in [0.05, 0.1) is 5.75 Å². The first kappa shape index (κ1) is 23.6. The molecule has 3 aromatic rings. The zero-order valence-corrected chi connectivity index (χ0v) is 20.7. The third-order valence-corrected chi connectivity index (χ3v) is 7.56. The number of hydrogen-bond acceptors (Lipinski definition) is 7. The second-order valence-corrected chi connectivity index (χ2v) is 10.1. The number of anilines is 1. The normalized spacial score (nSPS) is 14.3. The van der Waals surface area contributed by atoms with Gasteiger partial charge in [0.1, 0.15) is 10.1 Å². The summed E-state index contributed by atoms with van der Waals surface area (Å²) >= 11 is 2.99. The van der Waals surface area contributed by atoms with Crippen LogP contribution in [0.5, 0.6) is 0 Å². The summed E-state index contributed by atoms with van der Waals surface area (Å²) in [5.74, 6) is 0.291. The van der Waals surface area contributed by atoms with Gasteiger partial charge in [0.25, 0.3) is 0 Å². The molecule has 0 atom stereocenters. The molecule has 1 fully saturated rings. The maximum atomic E-state index is 12.4. The highest BCUT2D eigenvalue weighted by atomic mass is 32.2. The Labute approximate surface area is 204 Å². The molecule has 1 aromatic heterocycles. The highest BCUT2D eigenvalue weighted by Gasteiger charge is 2.14. The molecule has 2 aromatic carbocycles. The lowest BCUT2D eigenvalue weighted by Gasteiger charge is -2.34. The maximum Gasteiger partial charge on any atom is 0.230 e. The number of hydrogen-bond donors (Lipinski definition) is 1. The van der Waals surface area contributed by atoms with E-state index in [0.717, 1.165) is 46.7 Å². The molecule has 0 bridgehead atoms. The van der Waals surface area contributed by atoms with Gasteiger partial charge in [-0.1, -0.05) is 53.4 Å². The molecule has 1 aliphatic heterocycles. The molecule has 0 unspecified atom stereocenters. The lowest BCUT2D eigenvalue weighted by Crippen LogP contribution is -2.44. The van der Waals surface area contributed by atoms with Crippen molar-refractivity contribution in [3.05, 3.63) is 72.1 Å². The van der Waals surface area contributed by atoms with E-state index in [1.807, 2.05) is 6.07 Å². The molecule has 8 heteroatoms. The number of thioether (sulfide) groups is 1. The SMILES string of the molecule is Cc1cccc(Sc2nccnc2SCC(=O)NCc2ccc(N3CCN(C)CC3)cc2)c1. The molecule has 1 aliphatic rings. The Morgan fingerprint density at radius 3 is 2.45 bits per heavy atom. The molecule has 172 valence electrons. The highest BCUT2D eigenvalue weighted by Crippen LogP contribution is 2.32. The van der Waals surface area contributed by atoms with Crippen molar-refractivity contribution in [3.8, 4) is 0 Å². The number of carbonyl (C=O) groups excluding carboxylic acids is 1. The molecule has 33 heavy (non-hydrogen) atoms. The molecular formula is C25H29N5OS2. The van der Waals surface area contributed by atoms with E-state index >= 15 is 0 Å². The number of amides is 1. The molecule has 4 rings (SSSR count). The van der Waals surface area contributed by atoms with Crippen LogP contribution >= 0.6 is 23.5 Å². The molecule has 2 heterocycles. The highest BCUT2D eigenvalue weighted by molar-refractivity contribution is 8.02. The van der Waals surface area contributed by atoms with Gasteiger partial charge in [0, 0.05) is 55.7 Å². The standard InChI is InChI=1S/C25H29N5OS2/c1-19-4-3-5-22(16-19)33-25-24(26-10-11-27-25)32-18-23(31)28-17-20-6-8-21(9-7-20)30-14-12-29(2)13-15-30/h3-11,16H,12-15,17-18H2,1-2H3,(H,28,31). The fourth-order valence-electron chi connectivity index (χ4n) is 3.55. The number of nitrogens with zero attached hydrogens (tertiary/aromatic N) is 4. The Morgan fingerprint density at radius 2 is 1.73 bits per heavy atom. The fourth-order valence-corrected chi connectivity index (χ4v) is 5.40. The maximum absolute atomic E-state index is 12.4. The average Bonchev–Trinajstić information content (AvgIpc) is 2.83. The molecule has 6 nitrogen and oxygen atoms in total. The number of aromatic nitrogens is 2. The van der Waals surface area contributed by atoms with E-state index in [9.17, 15) is 4.79 Å². The monoisotopic (exact) mass is 479 g/mol. The van der Waals surface area contributed by atoms with Gasteiger partial charge < -0.3 is 15.1 Å². The third-order valence-electron chi connectivity index (χ3n) is 5.47. The Bertz CT molecular complexity index is 1070. The van der Waals surface area contributed by atoms with Crippen molar-refractivity contribution < 1.29 is 4.79 Å². The van der Waals surface area contributed by atoms with Gasteiger partial charge in [0.15, 0.2) is 0 Å². The quantitative estimate of drug-likeness (QED) is 0.488. The minimum absolute atomic E-state index is 0.0136. The summed E-state index contributed by atoms with van der Waals surface area (Å²) in [4.78, 5) is 27.2. The first-order valence-electron chi connectivity index (χ1n) is 11.0. The molecule has 1 saturated heterocycles. The van der Waals surface area contributed by atoms with Crippen molar-refractivity contribution >= 4 is 35.1 Å². The lowest BCUT2D eigenvalue weighted by molar-refractivity contribution is -0.118. The molecule has 0 spiro atoms. The molecule has 1 amide bonds. The molecule has 1 N–H and O–H groups in total. The van der Waals surface area contributed by atoms with E-state index in [4.69, 9.17) is 0 Å². The molecule has 0 aliphatic carbocycles. The number of likely N-dealkylation sites (N-methyl/N-ethyl adjacent to an activating group) is 1. The van der Waals surface area contributed by atoms with Crippen LogP contribution in [0.3, 0.4) is 0 Å². The van der Waals surface area contributed by atoms with Crippen LogP contribution in [0.4, 0.5) is 5.69 Å². The number of aryl methyl sites for hydroxylation is 1. The van der Waals surface area contributed by atoms with Gasteiger partial charge in [-0.25, -0.2) is 9.97 Å². The van der Waals surface area contributed by atoms with E-state index in [-0.39, 0.29) is 5.91 Å². The van der Waals surface area contributed by atoms with Gasteiger partial charge in [-0.2, -0.15) is 0 Å². The van der Waals surface area contributed by atoms with Crippen LogP contribution in [0.25, 0.3) is 0 Å². The first-order valence-corrected chi connectivity index (χ1v) is 12.8. The topological polar surface area (TPSA) is 61.4 Å². The zero-order valence-electron chi connectivity index (χ0n) is 19.0. The number of nitrogens with one attached hydrogen (secondary N) is 1. The van der Waals surface area contributed by atoms with Crippen LogP contribution < -0.4 is 10.2 Å². The number of rotatable bonds is 8. The fraction of sp³-hybridized carbons (Fsp3) is 0.320. The minimum Gasteiger partial charge on any atom is -0.369 e. The van der Waals surface area contributed by atoms with Crippen molar-refractivity contribution in [1.82, 2.24) is 20.2 Å². The zero-order chi connectivity index (χ0) is 23.0. The van der Waals surface area contributed by atoms with Crippen LogP contribution in [0.2, 0.25) is 0 Å². The Kier molecular flexibility index (Phi) is 8.25. The number of benzene rings is 2. The Balaban J connectivity index is 1.26. The van der Waals surface area contributed by atoms with E-state index in [2.05, 4.69) is 81.5 Å². The van der Waals surface area contributed by atoms with Gasteiger partial charge in [-0.05, 0) is 43.8 Å². The largest absolute Gasteiger partial charge is 0.369 e. The van der Waals surface area contributed by atoms with Crippen LogP contribution in [-0.4, -0.2) is 59.8 Å². The summed E-state index contributed by atoms with van der Waals surface area (Å²) in [6.45, 7) is 6.88. The summed E-state index contributed by atoms with van der Waals surface area (Å²) in [6.07, 6.45) is 3.36. The van der Waals surface area contributed by atoms with Crippen LogP contribution in [0.15, 0.2) is 75.9 Å². The number of carbonyl (C=O) groups is 1. The molecule has 0 saturated carbocycles. The van der Waals surface area contributed by atoms with Gasteiger partial charge in [-0.3, -0.25) is 4.79 Å². The van der Waals surface area contributed by atoms with E-state index in [1.54, 1.807) is 24.2 Å². The van der Waals surface area contributed by atoms with Gasteiger partial charge in [0.2, 0.25) is 5.91 Å². The van der Waals surface area contributed by atoms with E-state index in [1.165, 1.54) is 23.0 Å². The summed E-state index contributed by atoms with van der Waals surface area (Å²) in [7, 11) is 2.16. The minimum atomic E-state index is -0.0136. The van der Waals surface area contributed by atoms with Crippen LogP contribution in [-0.2, 0) is 11.3 Å². The Morgan fingerprint density at radius 1 is 1.00 bits per heavy atom. The summed E-state index contributed by atoms with van der Waals surface area (Å²) in [6, 6.07) is 16.8. The summed E-state index contributed by atoms with van der Waals surface area (Å²) in [5, 5.41) is 4.61. The predicted molar refractivity (Wildman–Crippen MR) is 136 cm³/mol. The van der Waals surface area contributed by atoms with Gasteiger partial charge in [-0.15, -0.1) is 0 Å². The van der Waals surface area contributed by atoms with Crippen molar-refractivity contribution in [1.29, 1.82) is 0 Å². The summed E-state index contributed by atoms with van der Waals surface area (Å²) < 4.78 is 0. The van der Waals surface area contributed by atoms with Crippen molar-refractivity contribution in [2.75, 3.05) is 43.9 Å². The van der Waals surface area contributed by atoms with Crippen molar-refractivity contribution in [3.63, 3.8) is 0 Å². The Hall–Kier alpha value is -2.55. The second-order valence-electron chi connectivity index (χ2n) is 8.11. The van der Waals surface area contributed by atoms with Gasteiger partial charge >= 0.3 is 0 Å². The lowest BCUT2D eigenvalue weighted by atomic mass is 10.2. The number of piperazine rings is 1. The molecule has 0 radical (unpaired) electrons. The first-order chi connectivity index (χ1) is 16.1. The molecular weight excluding hydrogens is 450 g/mol. The van der Waals surface area contributed by atoms with E-state index < -0.39 is 0 Å². The van der Waals surface area contributed by atoms with Crippen LogP contribution in [0.1, 0.15) is 11.1 Å². The predicted octanol–water partition coefficient (Wildman–Crippen LogP) is 4.10. The van der Waals surface area contributed by atoms with Crippen LogP contribution in [0, 0.1) is 6.92 Å². The third kappa shape index (κ3) is 6.96. The van der Waals surface area contributed by atoms with E-state index in [0.29, 0.717) is 12.3 Å². The van der Waals surface area contributed by atoms with Crippen molar-refractivity contribution in [2.45, 2.75) is 28.4 Å². The smallest absolute Gasteiger partial charge is 0.230 e. The summed E-state index contributed by atoms with van der Waals surface area (Å²) in [5.41, 5.74) is 3.55. The van der Waals surface area contributed by atoms with Crippen molar-refractivity contribution in [2.24, 2.45) is 0 Å². The average molecular weight is 480 g/mol. The second kappa shape index (κ2) is 11.5.